The molecule has 1 N–H and O–H groups in total. The Balaban J connectivity index is 2.19. The summed E-state index contributed by atoms with van der Waals surface area (Å²) in [6.45, 7) is 6.39. The first-order chi connectivity index (χ1) is 11.4. The van der Waals surface area contributed by atoms with Crippen LogP contribution in [0.15, 0.2) is 18.2 Å². The molecule has 1 fully saturated rings. The number of rotatable bonds is 7. The Morgan fingerprint density at radius 3 is 2.71 bits per heavy atom. The summed E-state index contributed by atoms with van der Waals surface area (Å²) >= 11 is 6.06. The number of aliphatic hydroxyl groups excluding tert-OH is 1. The Labute approximate surface area is 149 Å². The summed E-state index contributed by atoms with van der Waals surface area (Å²) in [4.78, 5) is 17.0. The molecule has 1 saturated heterocycles. The molecule has 0 unspecified atom stereocenters. The first kappa shape index (κ1) is 19.0. The van der Waals surface area contributed by atoms with Gasteiger partial charge in [0.05, 0.1) is 18.8 Å². The summed E-state index contributed by atoms with van der Waals surface area (Å²) in [6, 6.07) is 5.15. The third kappa shape index (κ3) is 4.21. The third-order valence-electron chi connectivity index (χ3n) is 4.89. The predicted molar refractivity (Wildman–Crippen MR) is 95.8 cm³/mol. The van der Waals surface area contributed by atoms with Crippen molar-refractivity contribution in [1.29, 1.82) is 0 Å². The van der Waals surface area contributed by atoms with E-state index in [0.29, 0.717) is 35.3 Å². The lowest BCUT2D eigenvalue weighted by Gasteiger charge is -2.42. The average molecular weight is 355 g/mol. The van der Waals surface area contributed by atoms with Gasteiger partial charge >= 0.3 is 0 Å². The Morgan fingerprint density at radius 2 is 2.17 bits per heavy atom. The minimum absolute atomic E-state index is 0.0682. The van der Waals surface area contributed by atoms with Crippen LogP contribution in [0.25, 0.3) is 0 Å². The van der Waals surface area contributed by atoms with Crippen LogP contribution in [0.5, 0.6) is 5.75 Å². The number of ether oxygens (including phenoxy) is 1. The number of carbonyl (C=O) groups excluding carboxylic acids is 1. The maximum absolute atomic E-state index is 13.0. The number of hydrogen-bond donors (Lipinski definition) is 1. The van der Waals surface area contributed by atoms with Crippen molar-refractivity contribution in [3.8, 4) is 5.75 Å². The van der Waals surface area contributed by atoms with E-state index in [-0.39, 0.29) is 18.1 Å². The van der Waals surface area contributed by atoms with Gasteiger partial charge in [-0.25, -0.2) is 0 Å². The molecule has 0 saturated carbocycles. The maximum atomic E-state index is 13.0. The monoisotopic (exact) mass is 354 g/mol. The van der Waals surface area contributed by atoms with Crippen molar-refractivity contribution in [3.05, 3.63) is 28.8 Å². The van der Waals surface area contributed by atoms with Crippen LogP contribution in [-0.4, -0.2) is 66.8 Å². The van der Waals surface area contributed by atoms with Crippen molar-refractivity contribution in [2.45, 2.75) is 32.4 Å². The van der Waals surface area contributed by atoms with Gasteiger partial charge in [-0.15, -0.1) is 0 Å². The maximum Gasteiger partial charge on any atom is 0.257 e. The van der Waals surface area contributed by atoms with Crippen molar-refractivity contribution in [2.75, 3.05) is 33.8 Å². The molecule has 2 atom stereocenters. The van der Waals surface area contributed by atoms with Crippen molar-refractivity contribution >= 4 is 17.5 Å². The third-order valence-corrected chi connectivity index (χ3v) is 5.13. The summed E-state index contributed by atoms with van der Waals surface area (Å²) in [5.41, 5.74) is 0.476. The van der Waals surface area contributed by atoms with E-state index in [9.17, 15) is 9.90 Å². The van der Waals surface area contributed by atoms with E-state index < -0.39 is 0 Å². The zero-order valence-electron chi connectivity index (χ0n) is 14.8. The number of aliphatic hydroxyl groups is 1. The lowest BCUT2D eigenvalue weighted by Crippen LogP contribution is -2.57. The van der Waals surface area contributed by atoms with Gasteiger partial charge in [-0.1, -0.05) is 31.9 Å². The van der Waals surface area contributed by atoms with Gasteiger partial charge in [-0.2, -0.15) is 0 Å². The Bertz CT molecular complexity index is 575. The minimum atomic E-state index is -0.239. The smallest absolute Gasteiger partial charge is 0.257 e. The van der Waals surface area contributed by atoms with Crippen LogP contribution in [0.2, 0.25) is 5.02 Å². The van der Waals surface area contributed by atoms with E-state index in [2.05, 4.69) is 18.7 Å². The molecule has 134 valence electrons. The summed E-state index contributed by atoms with van der Waals surface area (Å²) < 4.78 is 5.32. The number of methoxy groups -OCH3 is 1. The molecular formula is C18H27ClN2O3. The van der Waals surface area contributed by atoms with Crippen LogP contribution in [-0.2, 0) is 0 Å². The van der Waals surface area contributed by atoms with Gasteiger partial charge in [0.15, 0.2) is 0 Å². The first-order valence-corrected chi connectivity index (χ1v) is 8.76. The molecule has 0 radical (unpaired) electrons. The van der Waals surface area contributed by atoms with Crippen LogP contribution >= 0.6 is 11.6 Å². The van der Waals surface area contributed by atoms with Crippen molar-refractivity contribution < 1.29 is 14.6 Å². The molecule has 24 heavy (non-hydrogen) atoms. The first-order valence-electron chi connectivity index (χ1n) is 8.38. The van der Waals surface area contributed by atoms with E-state index in [1.54, 1.807) is 30.2 Å². The van der Waals surface area contributed by atoms with Gasteiger partial charge in [0, 0.05) is 37.7 Å². The summed E-state index contributed by atoms with van der Waals surface area (Å²) in [5.74, 6) is 0.779. The molecular weight excluding hydrogens is 328 g/mol. The van der Waals surface area contributed by atoms with Crippen molar-refractivity contribution in [2.24, 2.45) is 5.92 Å². The second-order valence-corrected chi connectivity index (χ2v) is 7.02. The summed E-state index contributed by atoms with van der Waals surface area (Å²) in [5, 5.41) is 10.0. The van der Waals surface area contributed by atoms with Crippen LogP contribution in [0.1, 0.15) is 30.6 Å². The molecule has 0 aliphatic carbocycles. The zero-order chi connectivity index (χ0) is 17.9. The molecule has 1 heterocycles. The molecule has 1 aliphatic heterocycles. The zero-order valence-corrected chi connectivity index (χ0v) is 15.6. The van der Waals surface area contributed by atoms with Crippen LogP contribution in [0, 0.1) is 5.92 Å². The molecule has 0 bridgehead atoms. The Morgan fingerprint density at radius 1 is 1.50 bits per heavy atom. The fourth-order valence-corrected chi connectivity index (χ4v) is 3.27. The molecule has 1 aliphatic rings. The van der Waals surface area contributed by atoms with Gasteiger partial charge in [-0.3, -0.25) is 9.69 Å². The van der Waals surface area contributed by atoms with Crippen LogP contribution < -0.4 is 4.74 Å². The minimum Gasteiger partial charge on any atom is -0.496 e. The van der Waals surface area contributed by atoms with Gasteiger partial charge in [0.1, 0.15) is 5.75 Å². The molecule has 0 aromatic heterocycles. The second kappa shape index (κ2) is 8.19. The lowest BCUT2D eigenvalue weighted by atomic mass is 9.95. The fraction of sp³-hybridized carbons (Fsp3) is 0.611. The molecule has 6 heteroatoms. The van der Waals surface area contributed by atoms with E-state index in [4.69, 9.17) is 16.3 Å². The van der Waals surface area contributed by atoms with E-state index in [1.807, 2.05) is 7.05 Å². The molecule has 1 amide bonds. The molecule has 2 rings (SSSR count). The van der Waals surface area contributed by atoms with Crippen LogP contribution in [0.4, 0.5) is 0 Å². The summed E-state index contributed by atoms with van der Waals surface area (Å²) in [7, 11) is 3.38. The molecule has 0 spiro atoms. The van der Waals surface area contributed by atoms with E-state index >= 15 is 0 Å². The Hall–Kier alpha value is -1.30. The molecule has 5 nitrogen and oxygen atoms in total. The summed E-state index contributed by atoms with van der Waals surface area (Å²) in [6.07, 6.45) is 0.738. The van der Waals surface area contributed by atoms with Gasteiger partial charge in [0.25, 0.3) is 5.91 Å². The molecule has 1 aromatic rings. The fourth-order valence-electron chi connectivity index (χ4n) is 3.10. The highest BCUT2D eigenvalue weighted by Crippen LogP contribution is 2.26. The standard InChI is InChI=1S/C18H27ClN2O3/c1-5-12(2)16(11-21-9-14(22)10-21)20(3)18(23)15-8-13(19)6-7-17(15)24-4/h6-8,12,14,16,22H,5,9-11H2,1-4H3/t12-,16+/m0/s1. The van der Waals surface area contributed by atoms with Crippen molar-refractivity contribution in [1.82, 2.24) is 9.80 Å². The van der Waals surface area contributed by atoms with Crippen molar-refractivity contribution in [3.63, 3.8) is 0 Å². The number of β-amino-alcohol motifs (C(OH)–C–C–N with tert-alkyl or cyclic N) is 1. The number of likely N-dealkylation sites (tertiary alicyclic amines) is 1. The molecule has 1 aromatic carbocycles. The lowest BCUT2D eigenvalue weighted by molar-refractivity contribution is -0.0162. The number of hydrogen-bond acceptors (Lipinski definition) is 4. The average Bonchev–Trinajstić information content (AvgIpc) is 2.55. The van der Waals surface area contributed by atoms with Crippen LogP contribution in [0.3, 0.4) is 0 Å². The number of amides is 1. The second-order valence-electron chi connectivity index (χ2n) is 6.59. The largest absolute Gasteiger partial charge is 0.496 e. The van der Waals surface area contributed by atoms with Gasteiger partial charge in [0.2, 0.25) is 0 Å². The number of nitrogens with zero attached hydrogens (tertiary/aromatic N) is 2. The number of benzene rings is 1. The van der Waals surface area contributed by atoms with E-state index in [0.717, 1.165) is 13.0 Å². The van der Waals surface area contributed by atoms with Gasteiger partial charge in [-0.05, 0) is 24.1 Å². The topological polar surface area (TPSA) is 53.0 Å². The highest BCUT2D eigenvalue weighted by atomic mass is 35.5. The van der Waals surface area contributed by atoms with E-state index in [1.165, 1.54) is 0 Å². The van der Waals surface area contributed by atoms with Gasteiger partial charge < -0.3 is 14.7 Å². The number of halogens is 1. The number of likely N-dealkylation sites (N-methyl/N-ethyl adjacent to an activating group) is 1. The highest BCUT2D eigenvalue weighted by Gasteiger charge is 2.33. The Kier molecular flexibility index (Phi) is 6.49. The highest BCUT2D eigenvalue weighted by molar-refractivity contribution is 6.31. The SMILES string of the molecule is CC[C@H](C)[C@@H](CN1CC(O)C1)N(C)C(=O)c1cc(Cl)ccc1OC. The number of carbonyl (C=O) groups is 1. The quantitative estimate of drug-likeness (QED) is 0.817. The predicted octanol–water partition coefficient (Wildman–Crippen LogP) is 2.51. The normalized spacial score (nSPS) is 17.9.